The maximum Gasteiger partial charge on any atom is 0.0804 e. The summed E-state index contributed by atoms with van der Waals surface area (Å²) in [5.74, 6) is 29.4. The molecule has 316 valence electrons. The van der Waals surface area contributed by atoms with Gasteiger partial charge in [0.25, 0.3) is 0 Å². The molecule has 0 saturated carbocycles. The zero-order chi connectivity index (χ0) is 44.1. The molecule has 4 heteroatoms. The van der Waals surface area contributed by atoms with Gasteiger partial charge < -0.3 is 0 Å². The Labute approximate surface area is 404 Å². The lowest BCUT2D eigenvalue weighted by Crippen LogP contribution is -1.92. The second-order valence-electron chi connectivity index (χ2n) is 16.9. The smallest absolute Gasteiger partial charge is 0.0804 e. The maximum absolute atomic E-state index is 3.70. The summed E-state index contributed by atoms with van der Waals surface area (Å²) < 4.78 is 0. The minimum absolute atomic E-state index is 1.03. The van der Waals surface area contributed by atoms with Crippen molar-refractivity contribution < 1.29 is 0 Å². The summed E-state index contributed by atoms with van der Waals surface area (Å²) >= 11 is 7.02. The van der Waals surface area contributed by atoms with Crippen LogP contribution in [0.1, 0.15) is 103 Å². The summed E-state index contributed by atoms with van der Waals surface area (Å²) in [5.41, 5.74) is 9.71. The molecule has 4 heterocycles. The van der Waals surface area contributed by atoms with E-state index < -0.39 is 0 Å². The van der Waals surface area contributed by atoms with Crippen molar-refractivity contribution in [2.24, 2.45) is 0 Å². The summed E-state index contributed by atoms with van der Waals surface area (Å²) in [4.78, 5) is 4.67. The molecule has 0 aliphatic heterocycles. The Morgan fingerprint density at radius 1 is 0.242 bits per heavy atom. The van der Waals surface area contributed by atoms with E-state index in [1.807, 2.05) is 0 Å². The summed E-state index contributed by atoms with van der Waals surface area (Å²) in [6, 6.07) is 43.8. The third kappa shape index (κ3) is 8.64. The molecular weight excluding hydrogens is 873 g/mol. The lowest BCUT2D eigenvalue weighted by molar-refractivity contribution is 0.679. The van der Waals surface area contributed by atoms with Crippen LogP contribution >= 0.6 is 45.3 Å². The standard InChI is InChI=1S/C62H44S4/c1-3-15-43-35-39-63-59(43)31-27-55-47-19-7-11-23-51(47)57(52-24-12-8-20-48(52)55)29-33-61-45(37-41-65-61)17-5-2-6-18-46-38-42-66-62(46)34-30-58-53-25-13-9-21-49(53)56(50-22-10-14-26-54(50)58)28-32-60-44(16-4-1)36-40-64-60/h7-14,19-26,35-42H,1-6,15-18H2. The van der Waals surface area contributed by atoms with Crippen LogP contribution in [0.25, 0.3) is 43.1 Å². The molecule has 66 heavy (non-hydrogen) atoms. The van der Waals surface area contributed by atoms with Crippen LogP contribution in [0.5, 0.6) is 0 Å². The third-order valence-electron chi connectivity index (χ3n) is 12.8. The Bertz CT molecular complexity index is 3100. The molecule has 1 aliphatic carbocycles. The zero-order valence-corrected chi connectivity index (χ0v) is 39.8. The van der Waals surface area contributed by atoms with Gasteiger partial charge in [-0.15, -0.1) is 45.3 Å². The Morgan fingerprint density at radius 3 is 0.667 bits per heavy atom. The van der Waals surface area contributed by atoms with Gasteiger partial charge in [-0.25, -0.2) is 0 Å². The molecule has 0 atom stereocenters. The van der Waals surface area contributed by atoms with E-state index in [2.05, 4.69) is 190 Å². The van der Waals surface area contributed by atoms with E-state index in [1.54, 1.807) is 45.3 Å². The third-order valence-corrected chi connectivity index (χ3v) is 16.3. The van der Waals surface area contributed by atoms with Gasteiger partial charge >= 0.3 is 0 Å². The van der Waals surface area contributed by atoms with Crippen LogP contribution < -0.4 is 0 Å². The molecule has 4 aromatic heterocycles. The van der Waals surface area contributed by atoms with Gasteiger partial charge in [0.05, 0.1) is 19.5 Å². The van der Waals surface area contributed by atoms with E-state index in [1.165, 1.54) is 41.8 Å². The summed E-state index contributed by atoms with van der Waals surface area (Å²) in [6.07, 6.45) is 10.9. The quantitative estimate of drug-likeness (QED) is 0.105. The summed E-state index contributed by atoms with van der Waals surface area (Å²) in [6.45, 7) is 0. The van der Waals surface area contributed by atoms with E-state index in [0.29, 0.717) is 0 Å². The molecule has 0 radical (unpaired) electrons. The molecule has 0 fully saturated rings. The van der Waals surface area contributed by atoms with Gasteiger partial charge in [0.1, 0.15) is 0 Å². The molecule has 6 aromatic carbocycles. The van der Waals surface area contributed by atoms with Crippen LogP contribution in [0.4, 0.5) is 0 Å². The summed E-state index contributed by atoms with van der Waals surface area (Å²) in [5, 5.41) is 18.1. The number of rotatable bonds is 0. The number of fused-ring (bicyclic) bond motifs is 10. The van der Waals surface area contributed by atoms with Crippen molar-refractivity contribution >= 4 is 88.4 Å². The molecule has 0 nitrogen and oxygen atoms in total. The molecule has 1 aliphatic rings. The van der Waals surface area contributed by atoms with Gasteiger partial charge in [0.2, 0.25) is 0 Å². The topological polar surface area (TPSA) is 0 Å². The lowest BCUT2D eigenvalue weighted by atomic mass is 9.92. The molecule has 0 amide bonds. The number of aryl methyl sites for hydroxylation is 4. The van der Waals surface area contributed by atoms with Crippen LogP contribution in [0.15, 0.2) is 143 Å². The van der Waals surface area contributed by atoms with Gasteiger partial charge in [0.15, 0.2) is 0 Å². The van der Waals surface area contributed by atoms with Crippen LogP contribution in [-0.4, -0.2) is 0 Å². The van der Waals surface area contributed by atoms with Crippen molar-refractivity contribution in [3.8, 4) is 47.4 Å². The van der Waals surface area contributed by atoms with Gasteiger partial charge in [-0.1, -0.05) is 157 Å². The van der Waals surface area contributed by atoms with Gasteiger partial charge in [-0.3, -0.25) is 0 Å². The minimum atomic E-state index is 1.03. The van der Waals surface area contributed by atoms with Crippen molar-refractivity contribution in [3.63, 3.8) is 0 Å². The first-order valence-corrected chi connectivity index (χ1v) is 26.5. The first kappa shape index (κ1) is 42.1. The molecule has 0 spiro atoms. The molecule has 4 bridgehead atoms. The Hall–Kier alpha value is -6.60. The predicted octanol–water partition coefficient (Wildman–Crippen LogP) is 16.4. The van der Waals surface area contributed by atoms with Crippen molar-refractivity contribution in [2.75, 3.05) is 0 Å². The highest BCUT2D eigenvalue weighted by Gasteiger charge is 2.15. The highest BCUT2D eigenvalue weighted by molar-refractivity contribution is 7.11. The molecule has 0 N–H and O–H groups in total. The fraction of sp³-hybridized carbons (Fsp3) is 0.161. The fourth-order valence-electron chi connectivity index (χ4n) is 9.46. The van der Waals surface area contributed by atoms with Crippen molar-refractivity contribution in [1.82, 2.24) is 0 Å². The second-order valence-corrected chi connectivity index (χ2v) is 20.6. The monoisotopic (exact) mass is 916 g/mol. The molecule has 0 saturated heterocycles. The Kier molecular flexibility index (Phi) is 12.4. The minimum Gasteiger partial charge on any atom is -0.135 e. The molecular formula is C62H44S4. The number of hydrogen-bond acceptors (Lipinski definition) is 4. The van der Waals surface area contributed by atoms with Gasteiger partial charge in [0, 0.05) is 22.3 Å². The van der Waals surface area contributed by atoms with Crippen LogP contribution in [0.3, 0.4) is 0 Å². The van der Waals surface area contributed by atoms with Crippen molar-refractivity contribution in [3.05, 3.63) is 207 Å². The van der Waals surface area contributed by atoms with Crippen molar-refractivity contribution in [1.29, 1.82) is 0 Å². The highest BCUT2D eigenvalue weighted by atomic mass is 32.1. The predicted molar refractivity (Wildman–Crippen MR) is 287 cm³/mol. The Balaban J connectivity index is 0.946. The molecule has 0 unspecified atom stereocenters. The van der Waals surface area contributed by atoms with Crippen LogP contribution in [0.2, 0.25) is 0 Å². The van der Waals surface area contributed by atoms with Gasteiger partial charge in [-0.05, 0) is 162 Å². The fourth-order valence-corrected chi connectivity index (χ4v) is 12.7. The molecule has 11 rings (SSSR count). The average Bonchev–Trinajstić information content (AvgIpc) is 4.20. The number of benzene rings is 6. The SMILES string of the molecule is C1#Cc2c3ccccc3c(c3ccccc23)C#Cc2sccc2CCCCCc2ccsc2C#Cc2c3ccccc3c(c3ccccc23)C#Cc2sccc2CCCCCc2ccsc21. The lowest BCUT2D eigenvalue weighted by Gasteiger charge is -2.10. The van der Waals surface area contributed by atoms with E-state index in [-0.39, 0.29) is 0 Å². The van der Waals surface area contributed by atoms with Gasteiger partial charge in [-0.2, -0.15) is 0 Å². The van der Waals surface area contributed by atoms with Crippen LogP contribution in [-0.2, 0) is 25.7 Å². The van der Waals surface area contributed by atoms with Crippen LogP contribution in [0, 0.1) is 47.4 Å². The van der Waals surface area contributed by atoms with Crippen molar-refractivity contribution in [2.45, 2.75) is 64.2 Å². The van der Waals surface area contributed by atoms with E-state index >= 15 is 0 Å². The first-order chi connectivity index (χ1) is 32.8. The van der Waals surface area contributed by atoms with E-state index in [0.717, 1.165) is 130 Å². The normalized spacial score (nSPS) is 13.5. The Morgan fingerprint density at radius 2 is 0.455 bits per heavy atom. The maximum atomic E-state index is 3.70. The summed E-state index contributed by atoms with van der Waals surface area (Å²) in [7, 11) is 0. The van der Waals surface area contributed by atoms with E-state index in [9.17, 15) is 0 Å². The largest absolute Gasteiger partial charge is 0.135 e. The highest BCUT2D eigenvalue weighted by Crippen LogP contribution is 2.35. The zero-order valence-electron chi connectivity index (χ0n) is 36.6. The number of hydrogen-bond donors (Lipinski definition) is 0. The van der Waals surface area contributed by atoms with E-state index in [4.69, 9.17) is 0 Å². The average molecular weight is 917 g/mol. The second kappa shape index (κ2) is 19.5. The first-order valence-electron chi connectivity index (χ1n) is 23.0. The number of thiophene rings is 4. The molecule has 10 aromatic rings.